The summed E-state index contributed by atoms with van der Waals surface area (Å²) >= 11 is 0. The quantitative estimate of drug-likeness (QED) is 0.139. The van der Waals surface area contributed by atoms with Gasteiger partial charge in [-0.05, 0) is 81.7 Å². The number of Topliss-reactive ketones (excluding diaryl/α,β-unsaturated/α-hetero) is 2. The van der Waals surface area contributed by atoms with E-state index in [4.69, 9.17) is 23.7 Å². The van der Waals surface area contributed by atoms with Gasteiger partial charge in [0.1, 0.15) is 41.6 Å². The van der Waals surface area contributed by atoms with E-state index in [9.17, 15) is 19.2 Å². The Kier molecular flexibility index (Phi) is 11.2. The average molecular weight is 595 g/mol. The van der Waals surface area contributed by atoms with Gasteiger partial charge in [0.2, 0.25) is 0 Å². The maximum absolute atomic E-state index is 13.5. The Morgan fingerprint density at radius 1 is 0.837 bits per heavy atom. The number of fused-ring (bicyclic) bond motifs is 2. The summed E-state index contributed by atoms with van der Waals surface area (Å²) in [7, 11) is 0. The van der Waals surface area contributed by atoms with Crippen molar-refractivity contribution in [2.75, 3.05) is 26.4 Å². The van der Waals surface area contributed by atoms with E-state index in [1.54, 1.807) is 32.9 Å². The van der Waals surface area contributed by atoms with Crippen molar-refractivity contribution in [3.63, 3.8) is 0 Å². The van der Waals surface area contributed by atoms with Crippen LogP contribution in [0.2, 0.25) is 0 Å². The summed E-state index contributed by atoms with van der Waals surface area (Å²) < 4.78 is 28.9. The smallest absolute Gasteiger partial charge is 0.305 e. The molecule has 4 rings (SSSR count). The summed E-state index contributed by atoms with van der Waals surface area (Å²) in [6.45, 7) is 6.06. The van der Waals surface area contributed by atoms with Crippen molar-refractivity contribution < 1.29 is 42.9 Å². The van der Waals surface area contributed by atoms with Gasteiger partial charge < -0.3 is 23.7 Å². The monoisotopic (exact) mass is 594 g/mol. The predicted molar refractivity (Wildman–Crippen MR) is 159 cm³/mol. The molecule has 9 nitrogen and oxygen atoms in total. The Morgan fingerprint density at radius 2 is 1.49 bits per heavy atom. The highest BCUT2D eigenvalue weighted by atomic mass is 16.5. The molecule has 0 unspecified atom stereocenters. The van der Waals surface area contributed by atoms with E-state index in [0.717, 1.165) is 25.0 Å². The summed E-state index contributed by atoms with van der Waals surface area (Å²) in [6.07, 6.45) is 4.74. The number of hydrogen-bond acceptors (Lipinski definition) is 9. The first-order valence-corrected chi connectivity index (χ1v) is 15.4. The second-order valence-electron chi connectivity index (χ2n) is 10.9. The highest BCUT2D eigenvalue weighted by Crippen LogP contribution is 2.44. The number of hydrogen-bond donors (Lipinski definition) is 0. The third kappa shape index (κ3) is 7.94. The molecule has 2 aromatic carbocycles. The van der Waals surface area contributed by atoms with Crippen LogP contribution in [0.25, 0.3) is 0 Å². The molecule has 0 radical (unpaired) electrons. The standard InChI is InChI=1S/C34H42O9/c1-4-26(35)32-29(42-21-20-41-28-13-9-11-23-10-7-8-12-24(23)28)15-14-25-27(36)22-34(43-33(25)32,18-16-30(37)39-5-2)19-17-31(38)40-6-3/h9,11,13-15H,4-8,10,12,16-22H2,1-3H3. The van der Waals surface area contributed by atoms with Gasteiger partial charge in [0.05, 0.1) is 25.2 Å². The number of esters is 2. The molecule has 0 atom stereocenters. The molecule has 232 valence electrons. The molecule has 0 aromatic heterocycles. The van der Waals surface area contributed by atoms with Gasteiger partial charge in [0, 0.05) is 19.3 Å². The minimum absolute atomic E-state index is 0.00689. The number of benzene rings is 2. The van der Waals surface area contributed by atoms with Crippen LogP contribution in [-0.4, -0.2) is 55.5 Å². The van der Waals surface area contributed by atoms with Crippen LogP contribution in [0.15, 0.2) is 30.3 Å². The summed E-state index contributed by atoms with van der Waals surface area (Å²) in [5.41, 5.74) is 1.84. The van der Waals surface area contributed by atoms with Crippen molar-refractivity contribution in [1.29, 1.82) is 0 Å². The molecule has 0 N–H and O–H groups in total. The lowest BCUT2D eigenvalue weighted by Gasteiger charge is -2.39. The largest absolute Gasteiger partial charge is 0.490 e. The summed E-state index contributed by atoms with van der Waals surface area (Å²) in [4.78, 5) is 51.3. The predicted octanol–water partition coefficient (Wildman–Crippen LogP) is 6.01. The van der Waals surface area contributed by atoms with Crippen molar-refractivity contribution in [1.82, 2.24) is 0 Å². The molecule has 1 heterocycles. The van der Waals surface area contributed by atoms with Crippen LogP contribution < -0.4 is 14.2 Å². The molecule has 1 aliphatic carbocycles. The number of ketones is 2. The first-order valence-electron chi connectivity index (χ1n) is 15.4. The van der Waals surface area contributed by atoms with Crippen LogP contribution in [0.5, 0.6) is 17.2 Å². The Labute approximate surface area is 253 Å². The fraction of sp³-hybridized carbons (Fsp3) is 0.529. The number of aryl methyl sites for hydroxylation is 1. The third-order valence-electron chi connectivity index (χ3n) is 7.95. The molecule has 9 heteroatoms. The molecule has 0 amide bonds. The third-order valence-corrected chi connectivity index (χ3v) is 7.95. The zero-order valence-corrected chi connectivity index (χ0v) is 25.5. The first kappa shape index (κ1) is 32.0. The fourth-order valence-corrected chi connectivity index (χ4v) is 5.81. The second kappa shape index (κ2) is 15.0. The minimum atomic E-state index is -1.19. The van der Waals surface area contributed by atoms with Gasteiger partial charge in [-0.1, -0.05) is 19.1 Å². The fourth-order valence-electron chi connectivity index (χ4n) is 5.81. The van der Waals surface area contributed by atoms with Crippen molar-refractivity contribution in [3.8, 4) is 17.2 Å². The number of ether oxygens (including phenoxy) is 5. The van der Waals surface area contributed by atoms with Gasteiger partial charge in [-0.25, -0.2) is 0 Å². The molecule has 2 aliphatic rings. The lowest BCUT2D eigenvalue weighted by atomic mass is 9.81. The molecular formula is C34H42O9. The molecule has 0 fully saturated rings. The molecule has 2 aromatic rings. The molecule has 0 saturated carbocycles. The lowest BCUT2D eigenvalue weighted by molar-refractivity contribution is -0.145. The number of carbonyl (C=O) groups is 4. The van der Waals surface area contributed by atoms with Crippen LogP contribution in [-0.2, 0) is 31.9 Å². The molecule has 0 bridgehead atoms. The van der Waals surface area contributed by atoms with E-state index < -0.39 is 17.5 Å². The Morgan fingerprint density at radius 3 is 2.14 bits per heavy atom. The summed E-state index contributed by atoms with van der Waals surface area (Å²) in [5.74, 6) is -0.0526. The van der Waals surface area contributed by atoms with Crippen molar-refractivity contribution >= 4 is 23.5 Å². The van der Waals surface area contributed by atoms with Gasteiger partial charge in [0.15, 0.2) is 11.6 Å². The van der Waals surface area contributed by atoms with E-state index in [2.05, 4.69) is 6.07 Å². The molecule has 43 heavy (non-hydrogen) atoms. The van der Waals surface area contributed by atoms with E-state index in [0.29, 0.717) is 5.75 Å². The van der Waals surface area contributed by atoms with Crippen LogP contribution in [0.1, 0.15) is 104 Å². The lowest BCUT2D eigenvalue weighted by Crippen LogP contribution is -2.43. The zero-order chi connectivity index (χ0) is 30.8. The van der Waals surface area contributed by atoms with Gasteiger partial charge in [-0.3, -0.25) is 19.2 Å². The Bertz CT molecular complexity index is 1310. The normalized spacial score (nSPS) is 15.0. The topological polar surface area (TPSA) is 114 Å². The minimum Gasteiger partial charge on any atom is -0.490 e. The molecule has 1 aliphatic heterocycles. The number of carbonyl (C=O) groups excluding carboxylic acids is 4. The molecular weight excluding hydrogens is 552 g/mol. The van der Waals surface area contributed by atoms with Gasteiger partial charge >= 0.3 is 11.9 Å². The average Bonchev–Trinajstić information content (AvgIpc) is 3.01. The van der Waals surface area contributed by atoms with E-state index in [1.165, 1.54) is 17.5 Å². The molecule has 0 saturated heterocycles. The SMILES string of the molecule is CCOC(=O)CCC1(CCC(=O)OCC)CC(=O)c2ccc(OCCOc3cccc4c3CCCC4)c(C(=O)CC)c2O1. The zero-order valence-electron chi connectivity index (χ0n) is 25.5. The summed E-state index contributed by atoms with van der Waals surface area (Å²) in [5, 5.41) is 0. The summed E-state index contributed by atoms with van der Waals surface area (Å²) in [6, 6.07) is 9.35. The number of rotatable bonds is 15. The maximum atomic E-state index is 13.5. The van der Waals surface area contributed by atoms with Gasteiger partial charge in [-0.2, -0.15) is 0 Å². The highest BCUT2D eigenvalue weighted by Gasteiger charge is 2.43. The van der Waals surface area contributed by atoms with Gasteiger partial charge in [0.25, 0.3) is 0 Å². The van der Waals surface area contributed by atoms with Crippen LogP contribution in [0.3, 0.4) is 0 Å². The van der Waals surface area contributed by atoms with Gasteiger partial charge in [-0.15, -0.1) is 0 Å². The first-order chi connectivity index (χ1) is 20.8. The van der Waals surface area contributed by atoms with Crippen molar-refractivity contribution in [3.05, 3.63) is 52.6 Å². The Balaban J connectivity index is 1.56. The van der Waals surface area contributed by atoms with Crippen LogP contribution >= 0.6 is 0 Å². The Hall–Kier alpha value is -3.88. The molecule has 0 spiro atoms. The van der Waals surface area contributed by atoms with E-state index in [-0.39, 0.29) is 93.4 Å². The van der Waals surface area contributed by atoms with E-state index >= 15 is 0 Å². The van der Waals surface area contributed by atoms with E-state index in [1.807, 2.05) is 12.1 Å². The van der Waals surface area contributed by atoms with Crippen molar-refractivity contribution in [2.45, 2.75) is 90.6 Å². The highest BCUT2D eigenvalue weighted by molar-refractivity contribution is 6.08. The van der Waals surface area contributed by atoms with Crippen LogP contribution in [0.4, 0.5) is 0 Å². The maximum Gasteiger partial charge on any atom is 0.305 e. The van der Waals surface area contributed by atoms with Crippen LogP contribution in [0, 0.1) is 0 Å². The van der Waals surface area contributed by atoms with Crippen molar-refractivity contribution in [2.24, 2.45) is 0 Å². The second-order valence-corrected chi connectivity index (χ2v) is 10.9.